The minimum Gasteiger partial charge on any atom is -0.406 e. The zero-order valence-electron chi connectivity index (χ0n) is 18.6. The molecule has 3 rings (SSSR count). The SMILES string of the molecule is CSc1cccc(Nc2cc(-c3cccc(OC(F)(F)F)c3)nc(NCCCN(C)C)n2)c1. The lowest BCUT2D eigenvalue weighted by molar-refractivity contribution is -0.274. The number of thioether (sulfide) groups is 1. The molecule has 0 amide bonds. The van der Waals surface area contributed by atoms with Crippen molar-refractivity contribution >= 4 is 29.2 Å². The Morgan fingerprint density at radius 1 is 1.03 bits per heavy atom. The predicted octanol–water partition coefficient (Wildman–Crippen LogP) is 5.87. The topological polar surface area (TPSA) is 62.3 Å². The molecule has 3 aromatic rings. The van der Waals surface area contributed by atoms with Gasteiger partial charge >= 0.3 is 6.36 Å². The zero-order valence-corrected chi connectivity index (χ0v) is 19.4. The number of anilines is 3. The number of halogens is 3. The summed E-state index contributed by atoms with van der Waals surface area (Å²) in [5.41, 5.74) is 1.80. The van der Waals surface area contributed by atoms with Crippen LogP contribution in [-0.4, -0.2) is 54.7 Å². The Kier molecular flexibility index (Phi) is 8.40. The van der Waals surface area contributed by atoms with Gasteiger partial charge in [0, 0.05) is 28.8 Å². The first-order valence-corrected chi connectivity index (χ1v) is 11.5. The minimum atomic E-state index is -4.77. The standard InChI is InChI=1S/C23H26F3N5OS/c1-31(2)12-6-11-27-22-29-20(16-7-4-9-18(13-16)32-23(24,25)26)15-21(30-22)28-17-8-5-10-19(14-17)33-3/h4-5,7-10,13-15H,6,11-12H2,1-3H3,(H2,27,28,29,30). The van der Waals surface area contributed by atoms with Crippen LogP contribution >= 0.6 is 11.8 Å². The largest absolute Gasteiger partial charge is 0.573 e. The number of ether oxygens (including phenoxy) is 1. The van der Waals surface area contributed by atoms with Gasteiger partial charge in [0.2, 0.25) is 5.95 Å². The summed E-state index contributed by atoms with van der Waals surface area (Å²) in [5.74, 6) is 0.605. The molecular formula is C23H26F3N5OS. The summed E-state index contributed by atoms with van der Waals surface area (Å²) >= 11 is 1.62. The Morgan fingerprint density at radius 2 is 1.82 bits per heavy atom. The molecule has 2 N–H and O–H groups in total. The van der Waals surface area contributed by atoms with Crippen LogP contribution in [-0.2, 0) is 0 Å². The fraction of sp³-hybridized carbons (Fsp3) is 0.304. The lowest BCUT2D eigenvalue weighted by atomic mass is 10.1. The van der Waals surface area contributed by atoms with E-state index in [2.05, 4.69) is 30.2 Å². The summed E-state index contributed by atoms with van der Waals surface area (Å²) in [6.07, 6.45) is -1.89. The fourth-order valence-corrected chi connectivity index (χ4v) is 3.49. The van der Waals surface area contributed by atoms with E-state index in [9.17, 15) is 13.2 Å². The van der Waals surface area contributed by atoms with Crippen LogP contribution < -0.4 is 15.4 Å². The molecule has 0 spiro atoms. The number of aromatic nitrogens is 2. The second kappa shape index (κ2) is 11.2. The summed E-state index contributed by atoms with van der Waals surface area (Å²) in [5, 5.41) is 6.47. The van der Waals surface area contributed by atoms with Crippen molar-refractivity contribution in [3.05, 3.63) is 54.6 Å². The van der Waals surface area contributed by atoms with Crippen molar-refractivity contribution in [3.8, 4) is 17.0 Å². The number of rotatable bonds is 10. The van der Waals surface area contributed by atoms with Crippen molar-refractivity contribution in [2.24, 2.45) is 0 Å². The molecule has 1 heterocycles. The molecule has 0 fully saturated rings. The Bertz CT molecular complexity index is 1060. The van der Waals surface area contributed by atoms with E-state index in [1.807, 2.05) is 44.6 Å². The zero-order chi connectivity index (χ0) is 23.8. The Balaban J connectivity index is 1.90. The van der Waals surface area contributed by atoms with Gasteiger partial charge < -0.3 is 20.3 Å². The van der Waals surface area contributed by atoms with E-state index in [1.165, 1.54) is 18.2 Å². The van der Waals surface area contributed by atoms with Crippen molar-refractivity contribution in [1.82, 2.24) is 14.9 Å². The molecule has 0 saturated carbocycles. The van der Waals surface area contributed by atoms with Crippen molar-refractivity contribution in [2.45, 2.75) is 17.7 Å². The molecule has 2 aromatic carbocycles. The molecule has 0 aliphatic rings. The summed E-state index contributed by atoms with van der Waals surface area (Å²) in [6.45, 7) is 1.55. The van der Waals surface area contributed by atoms with Crippen LogP contribution in [0.4, 0.5) is 30.6 Å². The van der Waals surface area contributed by atoms with E-state index in [1.54, 1.807) is 23.9 Å². The number of benzene rings is 2. The van der Waals surface area contributed by atoms with E-state index in [0.717, 1.165) is 23.5 Å². The average molecular weight is 478 g/mol. The smallest absolute Gasteiger partial charge is 0.406 e. The fourth-order valence-electron chi connectivity index (χ4n) is 3.03. The van der Waals surface area contributed by atoms with Crippen molar-refractivity contribution in [3.63, 3.8) is 0 Å². The lowest BCUT2D eigenvalue weighted by Gasteiger charge is -2.14. The third-order valence-electron chi connectivity index (χ3n) is 4.50. The van der Waals surface area contributed by atoms with Gasteiger partial charge in [-0.2, -0.15) is 4.98 Å². The van der Waals surface area contributed by atoms with Gasteiger partial charge in [-0.3, -0.25) is 0 Å². The molecule has 0 radical (unpaired) electrons. The van der Waals surface area contributed by atoms with Crippen LogP contribution in [0.25, 0.3) is 11.3 Å². The van der Waals surface area contributed by atoms with E-state index in [4.69, 9.17) is 0 Å². The number of nitrogens with one attached hydrogen (secondary N) is 2. The van der Waals surface area contributed by atoms with Gasteiger partial charge in [0.1, 0.15) is 11.6 Å². The summed E-state index contributed by atoms with van der Waals surface area (Å²) in [4.78, 5) is 12.2. The van der Waals surface area contributed by atoms with Gasteiger partial charge in [0.25, 0.3) is 0 Å². The van der Waals surface area contributed by atoms with Gasteiger partial charge in [-0.1, -0.05) is 18.2 Å². The lowest BCUT2D eigenvalue weighted by Crippen LogP contribution is -2.17. The molecule has 0 aliphatic heterocycles. The number of nitrogens with zero attached hydrogens (tertiary/aromatic N) is 3. The maximum absolute atomic E-state index is 12.7. The van der Waals surface area contributed by atoms with Crippen LogP contribution in [0.3, 0.4) is 0 Å². The van der Waals surface area contributed by atoms with Crippen LogP contribution in [0.5, 0.6) is 5.75 Å². The van der Waals surface area contributed by atoms with Crippen LogP contribution in [0.15, 0.2) is 59.5 Å². The van der Waals surface area contributed by atoms with Crippen LogP contribution in [0.1, 0.15) is 6.42 Å². The average Bonchev–Trinajstić information content (AvgIpc) is 2.75. The highest BCUT2D eigenvalue weighted by molar-refractivity contribution is 7.98. The molecule has 0 saturated heterocycles. The van der Waals surface area contributed by atoms with Gasteiger partial charge in [-0.05, 0) is 63.6 Å². The van der Waals surface area contributed by atoms with Gasteiger partial charge in [0.15, 0.2) is 0 Å². The number of hydrogen-bond acceptors (Lipinski definition) is 7. The second-order valence-electron chi connectivity index (χ2n) is 7.48. The van der Waals surface area contributed by atoms with Gasteiger partial charge in [0.05, 0.1) is 5.69 Å². The summed E-state index contributed by atoms with van der Waals surface area (Å²) in [7, 11) is 4.00. The van der Waals surface area contributed by atoms with Crippen molar-refractivity contribution < 1.29 is 17.9 Å². The molecule has 6 nitrogen and oxygen atoms in total. The predicted molar refractivity (Wildman–Crippen MR) is 127 cm³/mol. The molecule has 0 bridgehead atoms. The van der Waals surface area contributed by atoms with E-state index < -0.39 is 6.36 Å². The summed E-state index contributed by atoms with van der Waals surface area (Å²) in [6, 6.07) is 15.3. The van der Waals surface area contributed by atoms with Gasteiger partial charge in [-0.25, -0.2) is 4.98 Å². The molecular weight excluding hydrogens is 451 g/mol. The maximum atomic E-state index is 12.7. The normalized spacial score (nSPS) is 11.5. The first kappa shape index (κ1) is 24.7. The third-order valence-corrected chi connectivity index (χ3v) is 5.22. The Morgan fingerprint density at radius 3 is 2.55 bits per heavy atom. The molecule has 1 aromatic heterocycles. The number of alkyl halides is 3. The van der Waals surface area contributed by atoms with Crippen molar-refractivity contribution in [1.29, 1.82) is 0 Å². The van der Waals surface area contributed by atoms with E-state index >= 15 is 0 Å². The highest BCUT2D eigenvalue weighted by Gasteiger charge is 2.31. The highest BCUT2D eigenvalue weighted by Crippen LogP contribution is 2.29. The van der Waals surface area contributed by atoms with Crippen molar-refractivity contribution in [2.75, 3.05) is 44.1 Å². The quantitative estimate of drug-likeness (QED) is 0.280. The Labute approximate surface area is 195 Å². The highest BCUT2D eigenvalue weighted by atomic mass is 32.2. The Hall–Kier alpha value is -2.98. The molecule has 33 heavy (non-hydrogen) atoms. The first-order chi connectivity index (χ1) is 15.7. The third kappa shape index (κ3) is 8.14. The molecule has 0 aliphatic carbocycles. The monoisotopic (exact) mass is 477 g/mol. The molecule has 176 valence electrons. The molecule has 0 unspecified atom stereocenters. The second-order valence-corrected chi connectivity index (χ2v) is 8.36. The summed E-state index contributed by atoms with van der Waals surface area (Å²) < 4.78 is 42.1. The molecule has 10 heteroatoms. The van der Waals surface area contributed by atoms with E-state index in [0.29, 0.717) is 29.6 Å². The molecule has 0 atom stereocenters. The first-order valence-electron chi connectivity index (χ1n) is 10.3. The van der Waals surface area contributed by atoms with Crippen LogP contribution in [0.2, 0.25) is 0 Å². The maximum Gasteiger partial charge on any atom is 0.573 e. The van der Waals surface area contributed by atoms with Gasteiger partial charge in [-0.15, -0.1) is 24.9 Å². The number of hydrogen-bond donors (Lipinski definition) is 2. The van der Waals surface area contributed by atoms with E-state index in [-0.39, 0.29) is 5.75 Å². The van der Waals surface area contributed by atoms with Crippen LogP contribution in [0, 0.1) is 0 Å². The minimum absolute atomic E-state index is 0.304.